The van der Waals surface area contributed by atoms with Crippen LogP contribution in [0.25, 0.3) is 0 Å². The van der Waals surface area contributed by atoms with Crippen LogP contribution in [-0.4, -0.2) is 14.2 Å². The molecule has 0 unspecified atom stereocenters. The molecule has 0 fully saturated rings. The molecule has 1 aromatic heterocycles. The van der Waals surface area contributed by atoms with Gasteiger partial charge in [0.2, 0.25) is 0 Å². The van der Waals surface area contributed by atoms with Gasteiger partial charge in [-0.15, -0.1) is 11.3 Å². The molecular weight excluding hydrogens is 324 g/mol. The number of benzene rings is 1. The minimum atomic E-state index is 0.651. The van der Waals surface area contributed by atoms with E-state index in [-0.39, 0.29) is 0 Å². The van der Waals surface area contributed by atoms with Crippen molar-refractivity contribution < 1.29 is 4.74 Å². The molecule has 0 saturated carbocycles. The first-order valence-corrected chi connectivity index (χ1v) is 7.33. The lowest BCUT2D eigenvalue weighted by Crippen LogP contribution is -2.17. The van der Waals surface area contributed by atoms with Gasteiger partial charge in [-0.2, -0.15) is 5.26 Å². The summed E-state index contributed by atoms with van der Waals surface area (Å²) in [6.45, 7) is 0.754. The largest absolute Gasteiger partial charge is 0.497 e. The van der Waals surface area contributed by atoms with Gasteiger partial charge in [-0.1, -0.05) is 0 Å². The number of ether oxygens (including phenoxy) is 1. The Bertz CT molecular complexity index is 618. The summed E-state index contributed by atoms with van der Waals surface area (Å²) < 4.78 is 6.33. The van der Waals surface area contributed by atoms with E-state index in [2.05, 4.69) is 38.3 Å². The van der Waals surface area contributed by atoms with Crippen molar-refractivity contribution in [1.82, 2.24) is 0 Å². The molecule has 0 aliphatic carbocycles. The predicted molar refractivity (Wildman–Crippen MR) is 81.8 cm³/mol. The molecule has 0 bridgehead atoms. The summed E-state index contributed by atoms with van der Waals surface area (Å²) in [4.78, 5) is 2.05. The van der Waals surface area contributed by atoms with E-state index in [9.17, 15) is 5.26 Å². The maximum Gasteiger partial charge on any atom is 0.121 e. The lowest BCUT2D eigenvalue weighted by Gasteiger charge is -2.20. The molecule has 0 aliphatic rings. The number of nitrogens with zero attached hydrogens (tertiary/aromatic N) is 2. The summed E-state index contributed by atoms with van der Waals surface area (Å²) in [5.41, 5.74) is 2.74. The molecule has 98 valence electrons. The molecule has 0 atom stereocenters. The maximum absolute atomic E-state index is 9.18. The number of thiophene rings is 1. The van der Waals surface area contributed by atoms with Crippen molar-refractivity contribution >= 4 is 33.0 Å². The smallest absolute Gasteiger partial charge is 0.121 e. The molecular formula is C14H13BrN2OS. The highest BCUT2D eigenvalue weighted by Gasteiger charge is 2.10. The second kappa shape index (κ2) is 6.09. The molecule has 3 nitrogen and oxygen atoms in total. The van der Waals surface area contributed by atoms with Crippen molar-refractivity contribution in [3.63, 3.8) is 0 Å². The summed E-state index contributed by atoms with van der Waals surface area (Å²) in [7, 11) is 3.60. The molecule has 0 aliphatic heterocycles. The number of rotatable bonds is 4. The molecule has 0 N–H and O–H groups in total. The predicted octanol–water partition coefficient (Wildman–Crippen LogP) is 4.03. The Morgan fingerprint density at radius 3 is 2.79 bits per heavy atom. The second-order valence-electron chi connectivity index (χ2n) is 4.11. The van der Waals surface area contributed by atoms with Gasteiger partial charge in [0.1, 0.15) is 11.8 Å². The third-order valence-corrected chi connectivity index (χ3v) is 4.33. The number of hydrogen-bond acceptors (Lipinski definition) is 4. The molecule has 5 heteroatoms. The van der Waals surface area contributed by atoms with Crippen molar-refractivity contribution in [2.45, 2.75) is 6.54 Å². The van der Waals surface area contributed by atoms with E-state index < -0.39 is 0 Å². The summed E-state index contributed by atoms with van der Waals surface area (Å²) >= 11 is 5.12. The van der Waals surface area contributed by atoms with Gasteiger partial charge in [0.05, 0.1) is 22.1 Å². The van der Waals surface area contributed by atoms with Crippen molar-refractivity contribution in [2.75, 3.05) is 19.1 Å². The van der Waals surface area contributed by atoms with Gasteiger partial charge in [0, 0.05) is 19.7 Å². The van der Waals surface area contributed by atoms with E-state index >= 15 is 0 Å². The van der Waals surface area contributed by atoms with Crippen molar-refractivity contribution in [2.24, 2.45) is 0 Å². The van der Waals surface area contributed by atoms with Crippen LogP contribution >= 0.6 is 27.3 Å². The van der Waals surface area contributed by atoms with Crippen LogP contribution in [-0.2, 0) is 6.54 Å². The fourth-order valence-electron chi connectivity index (χ4n) is 1.84. The van der Waals surface area contributed by atoms with Gasteiger partial charge in [0.25, 0.3) is 0 Å². The zero-order valence-electron chi connectivity index (χ0n) is 10.7. The molecule has 19 heavy (non-hydrogen) atoms. The molecule has 2 rings (SSSR count). The van der Waals surface area contributed by atoms with E-state index in [0.717, 1.165) is 21.8 Å². The van der Waals surface area contributed by atoms with Crippen molar-refractivity contribution in [3.05, 3.63) is 44.6 Å². The summed E-state index contributed by atoms with van der Waals surface area (Å²) in [5, 5.41) is 11.3. The maximum atomic E-state index is 9.18. The van der Waals surface area contributed by atoms with Gasteiger partial charge < -0.3 is 9.64 Å². The summed E-state index contributed by atoms with van der Waals surface area (Å²) in [5.74, 6) is 0.757. The second-order valence-corrected chi connectivity index (χ2v) is 6.40. The SMILES string of the molecule is COc1ccc(C#N)c(N(C)Cc2csc(Br)c2)c1. The van der Waals surface area contributed by atoms with E-state index in [0.29, 0.717) is 5.56 Å². The molecule has 0 amide bonds. The number of nitriles is 1. The van der Waals surface area contributed by atoms with Crippen LogP contribution in [0.4, 0.5) is 5.69 Å². The molecule has 1 aromatic carbocycles. The zero-order chi connectivity index (χ0) is 13.8. The lowest BCUT2D eigenvalue weighted by molar-refractivity contribution is 0.415. The normalized spacial score (nSPS) is 10.0. The van der Waals surface area contributed by atoms with Gasteiger partial charge in [-0.05, 0) is 45.1 Å². The van der Waals surface area contributed by atoms with E-state index in [1.54, 1.807) is 30.6 Å². The fourth-order valence-corrected chi connectivity index (χ4v) is 3.04. The summed E-state index contributed by atoms with van der Waals surface area (Å²) in [6, 6.07) is 9.78. The Labute approximate surface area is 125 Å². The average Bonchev–Trinajstić information content (AvgIpc) is 2.83. The van der Waals surface area contributed by atoms with Crippen molar-refractivity contribution in [3.8, 4) is 11.8 Å². The van der Waals surface area contributed by atoms with Crippen LogP contribution in [0.1, 0.15) is 11.1 Å². The van der Waals surface area contributed by atoms with E-state index in [4.69, 9.17) is 4.74 Å². The van der Waals surface area contributed by atoms with Crippen molar-refractivity contribution in [1.29, 1.82) is 5.26 Å². The Hall–Kier alpha value is -1.51. The highest BCUT2D eigenvalue weighted by molar-refractivity contribution is 9.11. The topological polar surface area (TPSA) is 36.3 Å². The van der Waals surface area contributed by atoms with Gasteiger partial charge in [0.15, 0.2) is 0 Å². The Morgan fingerprint density at radius 1 is 1.42 bits per heavy atom. The Kier molecular flexibility index (Phi) is 4.46. The molecule has 2 aromatic rings. The van der Waals surface area contributed by atoms with Crippen LogP contribution < -0.4 is 9.64 Å². The lowest BCUT2D eigenvalue weighted by atomic mass is 10.1. The van der Waals surface area contributed by atoms with Crippen LogP contribution in [0, 0.1) is 11.3 Å². The quantitative estimate of drug-likeness (QED) is 0.845. The van der Waals surface area contributed by atoms with Crippen LogP contribution in [0.15, 0.2) is 33.4 Å². The third-order valence-electron chi connectivity index (χ3n) is 2.78. The van der Waals surface area contributed by atoms with Crippen LogP contribution in [0.5, 0.6) is 5.75 Å². The standard InChI is InChI=1S/C14H13BrN2OS/c1-17(8-10-5-14(15)19-9-10)13-6-12(18-2)4-3-11(13)7-16/h3-6,9H,8H2,1-2H3. The van der Waals surface area contributed by atoms with E-state index in [1.807, 2.05) is 13.1 Å². The first-order valence-electron chi connectivity index (χ1n) is 5.66. The highest BCUT2D eigenvalue weighted by Crippen LogP contribution is 2.27. The first-order chi connectivity index (χ1) is 9.13. The molecule has 1 heterocycles. The van der Waals surface area contributed by atoms with Crippen LogP contribution in [0.2, 0.25) is 0 Å². The minimum Gasteiger partial charge on any atom is -0.497 e. The Morgan fingerprint density at radius 2 is 2.21 bits per heavy atom. The first kappa shape index (κ1) is 13.9. The fraction of sp³-hybridized carbons (Fsp3) is 0.214. The molecule has 0 saturated heterocycles. The van der Waals surface area contributed by atoms with Gasteiger partial charge in [-0.3, -0.25) is 0 Å². The van der Waals surface area contributed by atoms with E-state index in [1.165, 1.54) is 5.56 Å². The highest BCUT2D eigenvalue weighted by atomic mass is 79.9. The van der Waals surface area contributed by atoms with Gasteiger partial charge in [-0.25, -0.2) is 0 Å². The number of anilines is 1. The number of hydrogen-bond donors (Lipinski definition) is 0. The monoisotopic (exact) mass is 336 g/mol. The molecule has 0 radical (unpaired) electrons. The average molecular weight is 337 g/mol. The molecule has 0 spiro atoms. The summed E-state index contributed by atoms with van der Waals surface area (Å²) in [6.07, 6.45) is 0. The minimum absolute atomic E-state index is 0.651. The van der Waals surface area contributed by atoms with Crippen LogP contribution in [0.3, 0.4) is 0 Å². The Balaban J connectivity index is 2.27. The zero-order valence-corrected chi connectivity index (χ0v) is 13.1. The number of halogens is 1. The van der Waals surface area contributed by atoms with Gasteiger partial charge >= 0.3 is 0 Å². The number of methoxy groups -OCH3 is 1. The third kappa shape index (κ3) is 3.28.